The van der Waals surface area contributed by atoms with E-state index in [9.17, 15) is 24.9 Å². The van der Waals surface area contributed by atoms with Crippen molar-refractivity contribution in [2.45, 2.75) is 69.7 Å². The van der Waals surface area contributed by atoms with Gasteiger partial charge in [-0.3, -0.25) is 9.59 Å². The van der Waals surface area contributed by atoms with E-state index in [4.69, 9.17) is 4.74 Å². The van der Waals surface area contributed by atoms with Crippen molar-refractivity contribution in [1.29, 1.82) is 0 Å². The number of aliphatic hydroxyl groups excluding tert-OH is 1. The number of aryl methyl sites for hydroxylation is 1. The number of phenols is 1. The highest BCUT2D eigenvalue weighted by Gasteiger charge is 2.48. The molecule has 52 heavy (non-hydrogen) atoms. The molecule has 4 fully saturated rings. The number of rotatable bonds is 13. The molecule has 4 aromatic rings. The largest absolute Gasteiger partial charge is 1.00 e. The third kappa shape index (κ3) is 8.09. The van der Waals surface area contributed by atoms with Crippen molar-refractivity contribution in [3.05, 3.63) is 99.8 Å². The van der Waals surface area contributed by atoms with Crippen LogP contribution in [0.2, 0.25) is 0 Å². The number of benzene rings is 3. The number of H-pyrrole nitrogens is 1. The number of pyridine rings is 1. The Balaban J connectivity index is 0.00000464. The minimum atomic E-state index is -0.971. The van der Waals surface area contributed by atoms with Crippen molar-refractivity contribution in [3.63, 3.8) is 0 Å². The van der Waals surface area contributed by atoms with Gasteiger partial charge in [0.25, 0.3) is 0 Å². The van der Waals surface area contributed by atoms with Crippen LogP contribution in [0.25, 0.3) is 10.9 Å². The molecule has 1 aliphatic carbocycles. The molecule has 0 spiro atoms. The number of carbonyl (C=O) groups excluding carboxylic acids is 1. The van der Waals surface area contributed by atoms with Gasteiger partial charge in [-0.05, 0) is 72.7 Å². The van der Waals surface area contributed by atoms with E-state index in [1.165, 1.54) is 12.1 Å². The lowest BCUT2D eigenvalue weighted by molar-refractivity contribution is -0.946. The van der Waals surface area contributed by atoms with Crippen LogP contribution in [-0.2, 0) is 15.1 Å². The van der Waals surface area contributed by atoms with E-state index in [2.05, 4.69) is 15.6 Å². The number of piperidine rings is 3. The maximum absolute atomic E-state index is 13.3. The highest BCUT2D eigenvalue weighted by molar-refractivity contribution is 5.92. The number of aliphatic hydroxyl groups is 2. The molecule has 3 atom stereocenters. The number of ether oxygens (including phenoxy) is 1. The van der Waals surface area contributed by atoms with E-state index in [0.29, 0.717) is 35.4 Å². The summed E-state index contributed by atoms with van der Waals surface area (Å²) in [4.78, 5) is 27.6. The molecule has 8 rings (SSSR count). The topological polar surface area (TPSA) is 144 Å². The summed E-state index contributed by atoms with van der Waals surface area (Å²) < 4.78 is 7.57. The fourth-order valence-corrected chi connectivity index (χ4v) is 8.86. The molecule has 3 aromatic carbocycles. The molecule has 0 radical (unpaired) electrons. The second-order valence-electron chi connectivity index (χ2n) is 15.2. The number of phenolic OH excluding ortho intramolecular Hbond substituents is 1. The van der Waals surface area contributed by atoms with Crippen molar-refractivity contribution >= 4 is 28.2 Å². The number of anilines is 2. The molecule has 6 N–H and O–H groups in total. The SMILES string of the molecule is Cc1cc(NC[C@H](O)c2ccc(O)c3[nH]c(=O)ccc23)ccc1NC(=O)CC[N+]12CCC(CC1)[C@@H](OC[C@@](O)(c1ccccc1)C1CCCC1)C2.[Br-]. The molecule has 4 aliphatic rings. The predicted octanol–water partition coefficient (Wildman–Crippen LogP) is 2.72. The number of aromatic hydroxyl groups is 1. The average molecular weight is 776 g/mol. The molecule has 0 unspecified atom stereocenters. The third-order valence-corrected chi connectivity index (χ3v) is 11.9. The van der Waals surface area contributed by atoms with Gasteiger partial charge >= 0.3 is 0 Å². The van der Waals surface area contributed by atoms with Gasteiger partial charge < -0.3 is 57.1 Å². The molecule has 1 aromatic heterocycles. The maximum atomic E-state index is 13.3. The Hall–Kier alpha value is -3.74. The summed E-state index contributed by atoms with van der Waals surface area (Å²) in [6, 6.07) is 21.9. The van der Waals surface area contributed by atoms with Crippen LogP contribution in [0, 0.1) is 18.8 Å². The monoisotopic (exact) mass is 774 g/mol. The van der Waals surface area contributed by atoms with E-state index in [1.807, 2.05) is 55.5 Å². The summed E-state index contributed by atoms with van der Waals surface area (Å²) in [5.74, 6) is 0.659. The van der Waals surface area contributed by atoms with Crippen LogP contribution in [0.4, 0.5) is 11.4 Å². The highest BCUT2D eigenvalue weighted by Crippen LogP contribution is 2.43. The lowest BCUT2D eigenvalue weighted by Gasteiger charge is -2.52. The Morgan fingerprint density at radius 2 is 1.77 bits per heavy atom. The van der Waals surface area contributed by atoms with Crippen LogP contribution in [0.15, 0.2) is 77.6 Å². The van der Waals surface area contributed by atoms with Crippen LogP contribution < -0.4 is 33.2 Å². The Morgan fingerprint density at radius 3 is 2.50 bits per heavy atom. The summed E-state index contributed by atoms with van der Waals surface area (Å²) in [5.41, 5.74) is 3.00. The van der Waals surface area contributed by atoms with E-state index in [-0.39, 0.29) is 52.8 Å². The molecule has 3 saturated heterocycles. The van der Waals surface area contributed by atoms with Gasteiger partial charge in [0.1, 0.15) is 24.0 Å². The number of amides is 1. The van der Waals surface area contributed by atoms with Crippen molar-refractivity contribution in [1.82, 2.24) is 4.98 Å². The minimum Gasteiger partial charge on any atom is -1.00 e. The summed E-state index contributed by atoms with van der Waals surface area (Å²) in [5, 5.41) is 40.1. The Labute approximate surface area is 315 Å². The van der Waals surface area contributed by atoms with Gasteiger partial charge in [-0.25, -0.2) is 0 Å². The summed E-state index contributed by atoms with van der Waals surface area (Å²) in [6.45, 7) is 6.25. The van der Waals surface area contributed by atoms with E-state index >= 15 is 0 Å². The first-order valence-corrected chi connectivity index (χ1v) is 18.5. The van der Waals surface area contributed by atoms with E-state index in [0.717, 1.165) is 91.7 Å². The number of nitrogens with one attached hydrogen (secondary N) is 3. The van der Waals surface area contributed by atoms with Crippen molar-refractivity contribution in [3.8, 4) is 5.75 Å². The maximum Gasteiger partial charge on any atom is 0.248 e. The number of aromatic amines is 1. The first-order chi connectivity index (χ1) is 24.6. The second kappa shape index (κ2) is 16.1. The van der Waals surface area contributed by atoms with Gasteiger partial charge in [-0.15, -0.1) is 0 Å². The molecular weight excluding hydrogens is 724 g/mol. The Morgan fingerprint density at radius 1 is 1.02 bits per heavy atom. The lowest BCUT2D eigenvalue weighted by atomic mass is 9.80. The van der Waals surface area contributed by atoms with Crippen LogP contribution in [-0.4, -0.2) is 76.1 Å². The normalized spacial score (nSPS) is 23.1. The van der Waals surface area contributed by atoms with E-state index in [1.54, 1.807) is 12.1 Å². The molecule has 1 saturated carbocycles. The number of nitrogens with zero attached hydrogens (tertiary/aromatic N) is 1. The molecule has 2 bridgehead atoms. The number of hydrogen-bond acceptors (Lipinski definition) is 7. The third-order valence-electron chi connectivity index (χ3n) is 11.9. The van der Waals surface area contributed by atoms with Crippen molar-refractivity contribution in [2.75, 3.05) is 50.0 Å². The van der Waals surface area contributed by atoms with Gasteiger partial charge in [0.15, 0.2) is 0 Å². The van der Waals surface area contributed by atoms with Crippen LogP contribution >= 0.6 is 0 Å². The smallest absolute Gasteiger partial charge is 0.248 e. The molecule has 278 valence electrons. The Bertz CT molecular complexity index is 1910. The van der Waals surface area contributed by atoms with Crippen LogP contribution in [0.1, 0.15) is 67.7 Å². The fraction of sp³-hybridized carbons (Fsp3) is 0.463. The Kier molecular flexibility index (Phi) is 11.8. The number of fused-ring (bicyclic) bond motifs is 4. The molecule has 10 nitrogen and oxygen atoms in total. The number of halogens is 1. The number of quaternary nitrogens is 1. The quantitative estimate of drug-likeness (QED) is 0.115. The molecule has 4 heterocycles. The van der Waals surface area contributed by atoms with Crippen LogP contribution in [0.3, 0.4) is 0 Å². The molecule has 11 heteroatoms. The molecule has 1 amide bonds. The zero-order valence-corrected chi connectivity index (χ0v) is 31.4. The standard InChI is InChI=1S/C41H50N4O6.BrH/c1-27-23-31(42-24-36(47)32-12-15-35(46)40-33(32)13-16-38(48)44-40)11-14-34(27)43-39(49)19-22-45-20-17-28(18-21-45)37(25-45)51-26-41(50,30-9-5-6-10-30)29-7-3-2-4-8-29;/h2-4,7-8,11-16,23,28,30,36-37,42,47,50H,5-6,9-10,17-22,24-26H2,1H3,(H2-,43,44,46,48,49);1H/t28?,36-,37-,41+,45?;/m0./s1. The predicted molar refractivity (Wildman–Crippen MR) is 199 cm³/mol. The van der Waals surface area contributed by atoms with Gasteiger partial charge in [-0.1, -0.05) is 49.2 Å². The fourth-order valence-electron chi connectivity index (χ4n) is 8.86. The van der Waals surface area contributed by atoms with Crippen molar-refractivity contribution < 1.29 is 46.3 Å². The summed E-state index contributed by atoms with van der Waals surface area (Å²) in [7, 11) is 0. The zero-order chi connectivity index (χ0) is 35.6. The van der Waals surface area contributed by atoms with Crippen molar-refractivity contribution in [2.24, 2.45) is 11.8 Å². The lowest BCUT2D eigenvalue weighted by Crippen LogP contribution is -3.00. The van der Waals surface area contributed by atoms with E-state index < -0.39 is 11.7 Å². The van der Waals surface area contributed by atoms with Gasteiger partial charge in [-0.2, -0.15) is 0 Å². The van der Waals surface area contributed by atoms with Crippen LogP contribution in [0.5, 0.6) is 5.75 Å². The number of aromatic nitrogens is 1. The summed E-state index contributed by atoms with van der Waals surface area (Å²) >= 11 is 0. The van der Waals surface area contributed by atoms with Gasteiger partial charge in [0.05, 0.1) is 44.3 Å². The highest BCUT2D eigenvalue weighted by atomic mass is 79.9. The van der Waals surface area contributed by atoms with Gasteiger partial charge in [0.2, 0.25) is 11.5 Å². The second-order valence-corrected chi connectivity index (χ2v) is 15.2. The summed E-state index contributed by atoms with van der Waals surface area (Å²) in [6.07, 6.45) is 6.17. The average Bonchev–Trinajstić information content (AvgIpc) is 3.71. The zero-order valence-electron chi connectivity index (χ0n) is 29.8. The van der Waals surface area contributed by atoms with Gasteiger partial charge in [0, 0.05) is 48.1 Å². The number of hydrogen-bond donors (Lipinski definition) is 6. The number of carbonyl (C=O) groups is 1. The first kappa shape index (κ1) is 38.0. The minimum absolute atomic E-state index is 0. The first-order valence-electron chi connectivity index (χ1n) is 18.5. The molecular formula is C41H51BrN4O6. The molecule has 3 aliphatic heterocycles.